The summed E-state index contributed by atoms with van der Waals surface area (Å²) in [6.07, 6.45) is 0.769. The number of hydrogen-bond acceptors (Lipinski definition) is 8. The summed E-state index contributed by atoms with van der Waals surface area (Å²) in [6.45, 7) is -0.194. The summed E-state index contributed by atoms with van der Waals surface area (Å²) in [7, 11) is 0. The van der Waals surface area contributed by atoms with Gasteiger partial charge in [-0.15, -0.1) is 0 Å². The Morgan fingerprint density at radius 3 is 1.68 bits per heavy atom. The molecule has 1 heterocycles. The number of rotatable bonds is 12. The number of benzene rings is 3. The monoisotopic (exact) mass is 729 g/mol. The van der Waals surface area contributed by atoms with Crippen molar-refractivity contribution in [2.24, 2.45) is 32.9 Å². The molecule has 1 aliphatic heterocycles. The molecule has 1 aliphatic rings. The van der Waals surface area contributed by atoms with Crippen LogP contribution in [0, 0.1) is 0 Å². The van der Waals surface area contributed by atoms with E-state index in [0.717, 1.165) is 16.3 Å². The van der Waals surface area contributed by atoms with E-state index in [-0.39, 0.29) is 69.3 Å². The Balaban J connectivity index is 1.68. The van der Waals surface area contributed by atoms with Crippen LogP contribution in [-0.2, 0) is 36.8 Å². The zero-order valence-electron chi connectivity index (χ0n) is 29.2. The number of aromatic hydroxyl groups is 1. The van der Waals surface area contributed by atoms with Crippen molar-refractivity contribution in [1.29, 1.82) is 0 Å². The molecule has 0 aromatic heterocycles. The van der Waals surface area contributed by atoms with E-state index >= 15 is 0 Å². The second kappa shape index (κ2) is 19.3. The van der Waals surface area contributed by atoms with E-state index in [0.29, 0.717) is 5.56 Å². The molecule has 282 valence electrons. The zero-order valence-corrected chi connectivity index (χ0v) is 29.2. The number of nitrogens with one attached hydrogen (secondary N) is 5. The third kappa shape index (κ3) is 12.7. The fourth-order valence-electron chi connectivity index (χ4n) is 5.79. The van der Waals surface area contributed by atoms with Crippen molar-refractivity contribution in [1.82, 2.24) is 26.6 Å². The molecule has 0 spiro atoms. The van der Waals surface area contributed by atoms with E-state index in [2.05, 4.69) is 36.6 Å². The van der Waals surface area contributed by atoms with Gasteiger partial charge in [0.15, 0.2) is 11.9 Å². The molecule has 1 fully saturated rings. The average Bonchev–Trinajstić information content (AvgIpc) is 3.12. The van der Waals surface area contributed by atoms with Crippen molar-refractivity contribution < 1.29 is 29.1 Å². The molecule has 1 saturated heterocycles. The number of amides is 5. The zero-order chi connectivity index (χ0) is 38.3. The fourth-order valence-corrected chi connectivity index (χ4v) is 5.79. The molecule has 0 saturated carbocycles. The van der Waals surface area contributed by atoms with Crippen LogP contribution in [0.2, 0.25) is 0 Å². The van der Waals surface area contributed by atoms with Crippen LogP contribution in [0.1, 0.15) is 36.8 Å². The largest absolute Gasteiger partial charge is 0.508 e. The van der Waals surface area contributed by atoms with Crippen LogP contribution in [0.3, 0.4) is 0 Å². The van der Waals surface area contributed by atoms with Gasteiger partial charge in [-0.05, 0) is 59.7 Å². The Morgan fingerprint density at radius 2 is 1.09 bits per heavy atom. The van der Waals surface area contributed by atoms with Gasteiger partial charge >= 0.3 is 0 Å². The molecule has 3 aromatic rings. The summed E-state index contributed by atoms with van der Waals surface area (Å²) >= 11 is 0. The van der Waals surface area contributed by atoms with Crippen molar-refractivity contribution in [3.05, 3.63) is 77.9 Å². The van der Waals surface area contributed by atoms with Gasteiger partial charge in [0.2, 0.25) is 29.5 Å². The lowest BCUT2D eigenvalue weighted by Gasteiger charge is -2.26. The number of aliphatic imine (C=N–C) groups is 2. The molecule has 53 heavy (non-hydrogen) atoms. The molecule has 3 aromatic carbocycles. The van der Waals surface area contributed by atoms with Crippen LogP contribution in [-0.4, -0.2) is 90.4 Å². The third-order valence-corrected chi connectivity index (χ3v) is 8.49. The van der Waals surface area contributed by atoms with E-state index in [4.69, 9.17) is 22.9 Å². The second-order valence-corrected chi connectivity index (χ2v) is 12.7. The molecule has 5 amide bonds. The maximum absolute atomic E-state index is 13.9. The summed E-state index contributed by atoms with van der Waals surface area (Å²) in [4.78, 5) is 76.4. The Hall–Kier alpha value is -6.39. The van der Waals surface area contributed by atoms with Gasteiger partial charge in [0.1, 0.15) is 29.9 Å². The van der Waals surface area contributed by atoms with Gasteiger partial charge in [0, 0.05) is 25.9 Å². The van der Waals surface area contributed by atoms with Gasteiger partial charge in [-0.1, -0.05) is 54.6 Å². The smallest absolute Gasteiger partial charge is 0.243 e. The lowest BCUT2D eigenvalue weighted by Crippen LogP contribution is -2.58. The minimum absolute atomic E-state index is 0.00775. The Labute approximate surface area is 306 Å². The molecular weight excluding hydrogens is 682 g/mol. The quantitative estimate of drug-likeness (QED) is 0.0585. The molecule has 0 radical (unpaired) electrons. The highest BCUT2D eigenvalue weighted by Gasteiger charge is 2.32. The number of carbonyl (C=O) groups excluding carboxylic acids is 5. The molecule has 0 bridgehead atoms. The lowest BCUT2D eigenvalue weighted by molar-refractivity contribution is -0.134. The molecule has 0 unspecified atom stereocenters. The summed E-state index contributed by atoms with van der Waals surface area (Å²) in [5.74, 6) is -3.66. The van der Waals surface area contributed by atoms with E-state index in [1.807, 2.05) is 42.5 Å². The molecule has 14 N–H and O–H groups in total. The first-order chi connectivity index (χ1) is 25.4. The fraction of sp³-hybridized carbons (Fsp3) is 0.361. The molecule has 17 heteroatoms. The van der Waals surface area contributed by atoms with Gasteiger partial charge in [-0.2, -0.15) is 0 Å². The van der Waals surface area contributed by atoms with Crippen molar-refractivity contribution >= 4 is 52.2 Å². The van der Waals surface area contributed by atoms with Crippen LogP contribution < -0.4 is 49.5 Å². The van der Waals surface area contributed by atoms with E-state index in [9.17, 15) is 29.1 Å². The third-order valence-electron chi connectivity index (χ3n) is 8.49. The van der Waals surface area contributed by atoms with Gasteiger partial charge < -0.3 is 54.6 Å². The first kappa shape index (κ1) is 39.4. The maximum Gasteiger partial charge on any atom is 0.243 e. The van der Waals surface area contributed by atoms with Gasteiger partial charge in [0.25, 0.3) is 0 Å². The molecule has 0 aliphatic carbocycles. The second-order valence-electron chi connectivity index (χ2n) is 12.7. The maximum atomic E-state index is 13.9. The van der Waals surface area contributed by atoms with Crippen LogP contribution in [0.5, 0.6) is 5.75 Å². The first-order valence-electron chi connectivity index (χ1n) is 17.2. The summed E-state index contributed by atoms with van der Waals surface area (Å²) in [6, 6.07) is 14.7. The Morgan fingerprint density at radius 1 is 0.604 bits per heavy atom. The highest BCUT2D eigenvalue weighted by molar-refractivity contribution is 5.97. The van der Waals surface area contributed by atoms with Crippen molar-refractivity contribution in [3.8, 4) is 5.75 Å². The highest BCUT2D eigenvalue weighted by Crippen LogP contribution is 2.17. The topological polar surface area (TPSA) is 295 Å². The normalized spacial score (nSPS) is 20.0. The molecule has 17 nitrogen and oxygen atoms in total. The first-order valence-corrected chi connectivity index (χ1v) is 17.2. The summed E-state index contributed by atoms with van der Waals surface area (Å²) in [5, 5.41) is 25.1. The number of hydrogen-bond donors (Lipinski definition) is 10. The number of phenolic OH excluding ortho intramolecular Hbond substituents is 1. The van der Waals surface area contributed by atoms with Crippen LogP contribution in [0.25, 0.3) is 10.8 Å². The molecular formula is C36H47N11O6. The van der Waals surface area contributed by atoms with Crippen molar-refractivity contribution in [2.75, 3.05) is 19.6 Å². The number of phenols is 1. The van der Waals surface area contributed by atoms with Crippen molar-refractivity contribution in [2.45, 2.75) is 62.7 Å². The number of fused-ring (bicyclic) bond motifs is 1. The number of carbonyl (C=O) groups is 5. The lowest BCUT2D eigenvalue weighted by atomic mass is 10.0. The average molecular weight is 730 g/mol. The molecule has 4 atom stereocenters. The molecule has 4 rings (SSSR count). The minimum atomic E-state index is -1.19. The Bertz CT molecular complexity index is 1820. The van der Waals surface area contributed by atoms with E-state index in [1.165, 1.54) is 12.1 Å². The van der Waals surface area contributed by atoms with Gasteiger partial charge in [-0.25, -0.2) is 0 Å². The highest BCUT2D eigenvalue weighted by atomic mass is 16.3. The van der Waals surface area contributed by atoms with Gasteiger partial charge in [0.05, 0.1) is 6.54 Å². The Kier molecular flexibility index (Phi) is 14.3. The number of nitrogens with two attached hydrogens (primary N) is 4. The van der Waals surface area contributed by atoms with Crippen molar-refractivity contribution in [3.63, 3.8) is 0 Å². The van der Waals surface area contributed by atoms with Crippen LogP contribution in [0.15, 0.2) is 76.7 Å². The van der Waals surface area contributed by atoms with E-state index < -0.39 is 60.2 Å². The van der Waals surface area contributed by atoms with Gasteiger partial charge in [-0.3, -0.25) is 34.0 Å². The SMILES string of the molecule is NC(N)=NCCC[C@@H]1NC(=O)[C@H](Cc2ccc3ccccc3c2)NC(=O)CNC(=O)[C@@H](Cc2ccc(O)cc2)NC(=O)[C@@H](CCCN=C(N)N)NC1=O. The minimum Gasteiger partial charge on any atom is -0.508 e. The standard InChI is InChI=1S/C36H47N11O6/c37-35(38)41-15-3-7-26-32(51)45-27(8-4-16-42-36(39)40)33(52)47-28(18-21-10-13-25(48)14-11-21)31(50)43-20-30(49)44-29(34(53)46-26)19-22-9-12-23-5-1-2-6-24(23)17-22/h1-2,5-6,9-14,17,26-29,48H,3-4,7-8,15-16,18-20H2,(H,43,50)(H,44,49)(H,45,51)(H,46,53)(H,47,52)(H4,37,38,41)(H4,39,40,42)/t26-,27+,28+,29-/m0/s1. The predicted molar refractivity (Wildman–Crippen MR) is 200 cm³/mol. The number of nitrogens with zero attached hydrogens (tertiary/aromatic N) is 2. The van der Waals surface area contributed by atoms with Crippen LogP contribution >= 0.6 is 0 Å². The van der Waals surface area contributed by atoms with E-state index in [1.54, 1.807) is 12.1 Å². The number of guanidine groups is 2. The summed E-state index contributed by atoms with van der Waals surface area (Å²) in [5.41, 5.74) is 23.2. The van der Waals surface area contributed by atoms with Crippen LogP contribution in [0.4, 0.5) is 0 Å². The predicted octanol–water partition coefficient (Wildman–Crippen LogP) is -1.49. The summed E-state index contributed by atoms with van der Waals surface area (Å²) < 4.78 is 0.